The predicted octanol–water partition coefficient (Wildman–Crippen LogP) is 3.57. The largest absolute Gasteiger partial charge is 0.492 e. The molecule has 4 aliphatic rings. The van der Waals surface area contributed by atoms with Crippen LogP contribution in [0.25, 0.3) is 0 Å². The van der Waals surface area contributed by atoms with E-state index in [4.69, 9.17) is 9.47 Å². The fraction of sp³-hybridized carbons (Fsp3) is 0.415. The Morgan fingerprint density at radius 1 is 0.852 bits per heavy atom. The van der Waals surface area contributed by atoms with Crippen molar-refractivity contribution in [3.8, 4) is 11.5 Å². The maximum Gasteiger partial charge on any atom is 0.255 e. The van der Waals surface area contributed by atoms with Crippen molar-refractivity contribution in [2.75, 3.05) is 26.7 Å². The minimum absolute atomic E-state index is 0.0881. The fourth-order valence-electron chi connectivity index (χ4n) is 7.17. The molecule has 1 saturated carbocycles. The SMILES string of the molecule is CN1C(=O)[C@H]2CCCN2C(=O)[C@@H](CC2CC2)NC(=O)c2ccccc2OCc2cn(nn2)CCOc2ccc(cc2)CCNC(=O)[C@@H]1Cc1ccccc1. The molecule has 2 fully saturated rings. The van der Waals surface area contributed by atoms with E-state index in [2.05, 4.69) is 20.9 Å². The van der Waals surface area contributed by atoms with Crippen molar-refractivity contribution in [2.24, 2.45) is 5.92 Å². The molecule has 4 amide bonds. The third-order valence-corrected chi connectivity index (χ3v) is 10.4. The Hall–Kier alpha value is -5.72. The summed E-state index contributed by atoms with van der Waals surface area (Å²) in [5.41, 5.74) is 2.82. The van der Waals surface area contributed by atoms with Gasteiger partial charge in [-0.15, -0.1) is 5.10 Å². The third kappa shape index (κ3) is 9.07. The highest BCUT2D eigenvalue weighted by Gasteiger charge is 2.42. The van der Waals surface area contributed by atoms with E-state index in [1.165, 1.54) is 4.90 Å². The van der Waals surface area contributed by atoms with Crippen LogP contribution in [-0.4, -0.2) is 93.3 Å². The number of carbonyl (C=O) groups excluding carboxylic acids is 4. The number of likely N-dealkylation sites (N-methyl/N-ethyl adjacent to an activating group) is 1. The Balaban J connectivity index is 1.15. The van der Waals surface area contributed by atoms with Crippen LogP contribution >= 0.6 is 0 Å². The number of amides is 4. The Morgan fingerprint density at radius 3 is 2.43 bits per heavy atom. The summed E-state index contributed by atoms with van der Waals surface area (Å²) in [7, 11) is 1.65. The molecule has 1 aliphatic carbocycles. The molecule has 3 atom stereocenters. The van der Waals surface area contributed by atoms with Crippen molar-refractivity contribution >= 4 is 23.6 Å². The molecule has 3 aromatic carbocycles. The molecule has 2 N–H and O–H groups in total. The van der Waals surface area contributed by atoms with Crippen molar-refractivity contribution in [3.05, 3.63) is 107 Å². The molecule has 1 aromatic heterocycles. The number of nitrogens with one attached hydrogen (secondary N) is 2. The van der Waals surface area contributed by atoms with E-state index in [1.54, 1.807) is 47.1 Å². The summed E-state index contributed by atoms with van der Waals surface area (Å²) in [5.74, 6) is 0.0986. The topological polar surface area (TPSA) is 148 Å². The summed E-state index contributed by atoms with van der Waals surface area (Å²) in [5, 5.41) is 14.5. The van der Waals surface area contributed by atoms with E-state index >= 15 is 0 Å². The van der Waals surface area contributed by atoms with E-state index in [1.807, 2.05) is 54.6 Å². The lowest BCUT2D eigenvalue weighted by molar-refractivity contribution is -0.147. The maximum atomic E-state index is 14.3. The molecule has 8 rings (SSSR count). The van der Waals surface area contributed by atoms with Gasteiger partial charge in [0.05, 0.1) is 18.3 Å². The summed E-state index contributed by atoms with van der Waals surface area (Å²) in [6.45, 7) is 1.69. The molecule has 0 unspecified atom stereocenters. The number of hydrogen-bond acceptors (Lipinski definition) is 8. The minimum Gasteiger partial charge on any atom is -0.492 e. The second-order valence-corrected chi connectivity index (χ2v) is 14.3. The van der Waals surface area contributed by atoms with E-state index in [0.717, 1.165) is 24.0 Å². The van der Waals surface area contributed by atoms with Gasteiger partial charge < -0.3 is 29.9 Å². The maximum absolute atomic E-state index is 14.3. The van der Waals surface area contributed by atoms with Crippen LogP contribution in [0.2, 0.25) is 0 Å². The van der Waals surface area contributed by atoms with Gasteiger partial charge in [0.2, 0.25) is 17.7 Å². The summed E-state index contributed by atoms with van der Waals surface area (Å²) in [6.07, 6.45) is 6.25. The Labute approximate surface area is 315 Å². The fourth-order valence-corrected chi connectivity index (χ4v) is 7.17. The standard InChI is InChI=1S/C41H47N7O6/c1-46-36(25-29-8-3-2-4-9-29)39(50)42-20-19-28-15-17-32(18-16-28)53-23-22-47-26-31(44-45-47)27-54-37-12-6-5-10-33(37)38(49)43-34(24-30-13-14-30)40(51)48-21-7-11-35(48)41(46)52/h2-6,8-10,12,15-18,26,30,34-36H,7,11,13-14,19-25,27H2,1H3,(H,42,50)(H,43,49)/t34-,35-,36+/m1/s1. The zero-order valence-electron chi connectivity index (χ0n) is 30.6. The average Bonchev–Trinajstić information content (AvgIpc) is 3.67. The molecule has 4 aromatic rings. The van der Waals surface area contributed by atoms with Crippen LogP contribution in [0.1, 0.15) is 59.3 Å². The molecule has 13 nitrogen and oxygen atoms in total. The molecule has 3 aliphatic heterocycles. The van der Waals surface area contributed by atoms with Crippen LogP contribution in [0.5, 0.6) is 11.5 Å². The number of carbonyl (C=O) groups is 4. The summed E-state index contributed by atoms with van der Waals surface area (Å²) in [4.78, 5) is 59.5. The van der Waals surface area contributed by atoms with Gasteiger partial charge in [-0.3, -0.25) is 19.2 Å². The second-order valence-electron chi connectivity index (χ2n) is 14.3. The van der Waals surface area contributed by atoms with Gasteiger partial charge in [-0.1, -0.05) is 72.7 Å². The highest BCUT2D eigenvalue weighted by atomic mass is 16.5. The molecule has 4 bridgehead atoms. The zero-order chi connectivity index (χ0) is 37.4. The molecule has 1 saturated heterocycles. The number of para-hydroxylation sites is 1. The lowest BCUT2D eigenvalue weighted by Crippen LogP contribution is -2.57. The van der Waals surface area contributed by atoms with Gasteiger partial charge >= 0.3 is 0 Å². The van der Waals surface area contributed by atoms with Crippen LogP contribution in [-0.2, 0) is 40.4 Å². The Kier molecular flexibility index (Phi) is 11.5. The van der Waals surface area contributed by atoms with Crippen LogP contribution < -0.4 is 20.1 Å². The minimum atomic E-state index is -0.820. The van der Waals surface area contributed by atoms with Crippen molar-refractivity contribution in [1.82, 2.24) is 35.4 Å². The zero-order valence-corrected chi connectivity index (χ0v) is 30.6. The Bertz CT molecular complexity index is 1930. The second kappa shape index (κ2) is 17.0. The van der Waals surface area contributed by atoms with Crippen LogP contribution in [0.15, 0.2) is 85.1 Å². The number of nitrogens with zero attached hydrogens (tertiary/aromatic N) is 5. The lowest BCUT2D eigenvalue weighted by atomic mass is 10.0. The first-order chi connectivity index (χ1) is 26.3. The van der Waals surface area contributed by atoms with E-state index in [9.17, 15) is 19.2 Å². The molecule has 282 valence electrons. The van der Waals surface area contributed by atoms with Crippen LogP contribution in [0, 0.1) is 5.92 Å². The molecular weight excluding hydrogens is 686 g/mol. The molecule has 4 heterocycles. The Morgan fingerprint density at radius 2 is 1.63 bits per heavy atom. The average molecular weight is 734 g/mol. The van der Waals surface area contributed by atoms with Gasteiger partial charge in [-0.25, -0.2) is 4.68 Å². The normalized spacial score (nSPS) is 22.0. The van der Waals surface area contributed by atoms with Crippen molar-refractivity contribution < 1.29 is 28.7 Å². The number of aromatic nitrogens is 3. The first-order valence-electron chi connectivity index (χ1n) is 18.8. The molecule has 54 heavy (non-hydrogen) atoms. The van der Waals surface area contributed by atoms with Gasteiger partial charge in [0.1, 0.15) is 48.5 Å². The van der Waals surface area contributed by atoms with Crippen molar-refractivity contribution in [3.63, 3.8) is 0 Å². The van der Waals surface area contributed by atoms with E-state index in [-0.39, 0.29) is 24.3 Å². The van der Waals surface area contributed by atoms with E-state index < -0.39 is 24.0 Å². The predicted molar refractivity (Wildman–Crippen MR) is 199 cm³/mol. The molecule has 13 heteroatoms. The van der Waals surface area contributed by atoms with Crippen molar-refractivity contribution in [1.29, 1.82) is 0 Å². The number of ether oxygens (including phenoxy) is 2. The first kappa shape index (κ1) is 36.6. The molecule has 0 spiro atoms. The number of rotatable bonds is 4. The van der Waals surface area contributed by atoms with Gasteiger partial charge in [-0.2, -0.15) is 0 Å². The van der Waals surface area contributed by atoms with Crippen molar-refractivity contribution in [2.45, 2.75) is 76.2 Å². The van der Waals surface area contributed by atoms with Gasteiger partial charge in [0, 0.05) is 26.6 Å². The smallest absolute Gasteiger partial charge is 0.255 e. The van der Waals surface area contributed by atoms with E-state index in [0.29, 0.717) is 87.0 Å². The first-order valence-corrected chi connectivity index (χ1v) is 18.8. The van der Waals surface area contributed by atoms with Gasteiger partial charge in [0.15, 0.2) is 0 Å². The number of hydrogen-bond donors (Lipinski definition) is 2. The van der Waals surface area contributed by atoms with Crippen LogP contribution in [0.4, 0.5) is 0 Å². The summed E-state index contributed by atoms with van der Waals surface area (Å²) in [6, 6.07) is 21.9. The quantitative estimate of drug-likeness (QED) is 0.324. The number of benzene rings is 3. The third-order valence-electron chi connectivity index (χ3n) is 10.4. The molecule has 0 radical (unpaired) electrons. The highest BCUT2D eigenvalue weighted by molar-refractivity contribution is 6.00. The monoisotopic (exact) mass is 733 g/mol. The lowest BCUT2D eigenvalue weighted by Gasteiger charge is -2.34. The summed E-state index contributed by atoms with van der Waals surface area (Å²) >= 11 is 0. The van der Waals surface area contributed by atoms with Gasteiger partial charge in [-0.05, 0) is 67.0 Å². The van der Waals surface area contributed by atoms with Crippen LogP contribution in [0.3, 0.4) is 0 Å². The van der Waals surface area contributed by atoms with Gasteiger partial charge in [0.25, 0.3) is 5.91 Å². The molecular formula is C41H47N7O6. The summed E-state index contributed by atoms with van der Waals surface area (Å²) < 4.78 is 13.7. The highest BCUT2D eigenvalue weighted by Crippen LogP contribution is 2.35. The number of fused-ring (bicyclic) bond motifs is 14.